The number of carbonyl (C=O) groups is 1. The van der Waals surface area contributed by atoms with E-state index < -0.39 is 0 Å². The van der Waals surface area contributed by atoms with Crippen LogP contribution in [-0.2, 0) is 0 Å². The van der Waals surface area contributed by atoms with Gasteiger partial charge in [0.2, 0.25) is 0 Å². The van der Waals surface area contributed by atoms with Crippen molar-refractivity contribution in [3.63, 3.8) is 0 Å². The SMILES string of the molecule is NC1CCC(C(=O)c2csc3ccccc23)CC1. The van der Waals surface area contributed by atoms with Crippen LogP contribution < -0.4 is 5.73 Å². The van der Waals surface area contributed by atoms with Crippen LogP contribution in [0.5, 0.6) is 0 Å². The van der Waals surface area contributed by atoms with Crippen molar-refractivity contribution in [2.75, 3.05) is 0 Å². The fraction of sp³-hybridized carbons (Fsp3) is 0.400. The maximum absolute atomic E-state index is 12.5. The number of fused-ring (bicyclic) bond motifs is 1. The molecule has 0 atom stereocenters. The van der Waals surface area contributed by atoms with E-state index in [9.17, 15) is 4.79 Å². The normalized spacial score (nSPS) is 24.3. The summed E-state index contributed by atoms with van der Waals surface area (Å²) in [6.45, 7) is 0. The van der Waals surface area contributed by atoms with E-state index in [4.69, 9.17) is 5.73 Å². The molecule has 1 aromatic carbocycles. The molecule has 1 aliphatic carbocycles. The first-order valence-electron chi connectivity index (χ1n) is 6.51. The summed E-state index contributed by atoms with van der Waals surface area (Å²) < 4.78 is 1.20. The Morgan fingerprint density at radius 1 is 1.17 bits per heavy atom. The number of hydrogen-bond donors (Lipinski definition) is 1. The molecule has 2 N–H and O–H groups in total. The van der Waals surface area contributed by atoms with Crippen molar-refractivity contribution in [3.8, 4) is 0 Å². The first-order valence-corrected chi connectivity index (χ1v) is 7.39. The van der Waals surface area contributed by atoms with Crippen molar-refractivity contribution in [2.24, 2.45) is 11.7 Å². The quantitative estimate of drug-likeness (QED) is 0.837. The van der Waals surface area contributed by atoms with Gasteiger partial charge in [-0.25, -0.2) is 0 Å². The minimum Gasteiger partial charge on any atom is -0.328 e. The molecule has 18 heavy (non-hydrogen) atoms. The molecule has 0 spiro atoms. The molecule has 2 aromatic rings. The first-order chi connectivity index (χ1) is 8.75. The molecule has 3 heteroatoms. The van der Waals surface area contributed by atoms with E-state index in [1.165, 1.54) is 4.70 Å². The van der Waals surface area contributed by atoms with Crippen LogP contribution in [0.2, 0.25) is 0 Å². The van der Waals surface area contributed by atoms with Gasteiger partial charge in [0.25, 0.3) is 0 Å². The first kappa shape index (κ1) is 11.9. The number of hydrogen-bond acceptors (Lipinski definition) is 3. The zero-order chi connectivity index (χ0) is 12.5. The maximum Gasteiger partial charge on any atom is 0.167 e. The zero-order valence-corrected chi connectivity index (χ0v) is 11.1. The van der Waals surface area contributed by atoms with Crippen LogP contribution >= 0.6 is 11.3 Å². The highest BCUT2D eigenvalue weighted by atomic mass is 32.1. The summed E-state index contributed by atoms with van der Waals surface area (Å²) in [4.78, 5) is 12.5. The molecule has 1 fully saturated rings. The summed E-state index contributed by atoms with van der Waals surface area (Å²) in [6.07, 6.45) is 3.87. The minimum atomic E-state index is 0.183. The number of benzene rings is 1. The van der Waals surface area contributed by atoms with Gasteiger partial charge < -0.3 is 5.73 Å². The van der Waals surface area contributed by atoms with E-state index in [0.29, 0.717) is 11.8 Å². The average Bonchev–Trinajstić information content (AvgIpc) is 2.82. The van der Waals surface area contributed by atoms with E-state index in [-0.39, 0.29) is 5.92 Å². The highest BCUT2D eigenvalue weighted by molar-refractivity contribution is 7.17. The second-order valence-corrected chi connectivity index (χ2v) is 6.03. The van der Waals surface area contributed by atoms with E-state index in [1.807, 2.05) is 23.6 Å². The molecule has 0 aliphatic heterocycles. The molecule has 0 radical (unpaired) electrons. The smallest absolute Gasteiger partial charge is 0.167 e. The van der Waals surface area contributed by atoms with Gasteiger partial charge in [0.05, 0.1) is 0 Å². The van der Waals surface area contributed by atoms with Gasteiger partial charge in [-0.2, -0.15) is 0 Å². The van der Waals surface area contributed by atoms with Gasteiger partial charge in [0, 0.05) is 33.0 Å². The van der Waals surface area contributed by atoms with Crippen LogP contribution in [0.1, 0.15) is 36.0 Å². The summed E-state index contributed by atoms with van der Waals surface area (Å²) in [5.41, 5.74) is 6.81. The fourth-order valence-electron chi connectivity index (χ4n) is 2.77. The highest BCUT2D eigenvalue weighted by Crippen LogP contribution is 2.32. The number of nitrogens with two attached hydrogens (primary N) is 1. The Labute approximate surface area is 111 Å². The lowest BCUT2D eigenvalue weighted by Gasteiger charge is -2.24. The zero-order valence-electron chi connectivity index (χ0n) is 10.3. The summed E-state index contributed by atoms with van der Waals surface area (Å²) in [6, 6.07) is 8.45. The number of rotatable bonds is 2. The van der Waals surface area contributed by atoms with Crippen molar-refractivity contribution in [1.82, 2.24) is 0 Å². The van der Waals surface area contributed by atoms with E-state index in [0.717, 1.165) is 36.6 Å². The third-order valence-electron chi connectivity index (χ3n) is 3.89. The summed E-state index contributed by atoms with van der Waals surface area (Å²) >= 11 is 1.66. The predicted molar refractivity (Wildman–Crippen MR) is 76.1 cm³/mol. The lowest BCUT2D eigenvalue weighted by Crippen LogP contribution is -2.29. The van der Waals surface area contributed by atoms with Gasteiger partial charge in [-0.1, -0.05) is 18.2 Å². The number of Topliss-reactive ketones (excluding diaryl/α,β-unsaturated/α-hetero) is 1. The molecular weight excluding hydrogens is 242 g/mol. The third kappa shape index (κ3) is 2.08. The fourth-order valence-corrected chi connectivity index (χ4v) is 3.72. The van der Waals surface area contributed by atoms with Gasteiger partial charge in [0.1, 0.15) is 0 Å². The largest absolute Gasteiger partial charge is 0.328 e. The summed E-state index contributed by atoms with van der Waals surface area (Å²) in [7, 11) is 0. The van der Waals surface area contributed by atoms with Crippen molar-refractivity contribution < 1.29 is 4.79 Å². The summed E-state index contributed by atoms with van der Waals surface area (Å²) in [5.74, 6) is 0.502. The van der Waals surface area contributed by atoms with E-state index >= 15 is 0 Å². The Hall–Kier alpha value is -1.19. The van der Waals surface area contributed by atoms with Gasteiger partial charge in [-0.05, 0) is 31.7 Å². The van der Waals surface area contributed by atoms with Crippen LogP contribution in [0.25, 0.3) is 10.1 Å². The molecule has 1 aromatic heterocycles. The van der Waals surface area contributed by atoms with Crippen LogP contribution in [0, 0.1) is 5.92 Å². The molecular formula is C15H17NOS. The van der Waals surface area contributed by atoms with Gasteiger partial charge in [-0.3, -0.25) is 4.79 Å². The molecule has 0 amide bonds. The molecule has 0 bridgehead atoms. The molecule has 0 saturated heterocycles. The van der Waals surface area contributed by atoms with Crippen molar-refractivity contribution in [1.29, 1.82) is 0 Å². The average molecular weight is 259 g/mol. The second-order valence-electron chi connectivity index (χ2n) is 5.12. The molecule has 1 aliphatic rings. The van der Waals surface area contributed by atoms with Crippen molar-refractivity contribution in [2.45, 2.75) is 31.7 Å². The maximum atomic E-state index is 12.5. The predicted octanol–water partition coefficient (Wildman–Crippen LogP) is 3.60. The van der Waals surface area contributed by atoms with Crippen molar-refractivity contribution in [3.05, 3.63) is 35.2 Å². The van der Waals surface area contributed by atoms with Gasteiger partial charge >= 0.3 is 0 Å². The lowest BCUT2D eigenvalue weighted by atomic mass is 9.82. The molecule has 0 unspecified atom stereocenters. The lowest BCUT2D eigenvalue weighted by molar-refractivity contribution is 0.0887. The molecule has 94 valence electrons. The van der Waals surface area contributed by atoms with Crippen molar-refractivity contribution >= 4 is 27.2 Å². The Balaban J connectivity index is 1.88. The van der Waals surface area contributed by atoms with Crippen LogP contribution in [-0.4, -0.2) is 11.8 Å². The van der Waals surface area contributed by atoms with E-state index in [1.54, 1.807) is 11.3 Å². The minimum absolute atomic E-state index is 0.183. The van der Waals surface area contributed by atoms with Crippen LogP contribution in [0.4, 0.5) is 0 Å². The number of ketones is 1. The molecule has 2 nitrogen and oxygen atoms in total. The second kappa shape index (κ2) is 4.82. The monoisotopic (exact) mass is 259 g/mol. The van der Waals surface area contributed by atoms with Crippen LogP contribution in [0.3, 0.4) is 0 Å². The summed E-state index contributed by atoms with van der Waals surface area (Å²) in [5, 5.41) is 3.13. The Morgan fingerprint density at radius 2 is 1.89 bits per heavy atom. The topological polar surface area (TPSA) is 43.1 Å². The molecule has 1 heterocycles. The highest BCUT2D eigenvalue weighted by Gasteiger charge is 2.26. The number of thiophene rings is 1. The molecule has 3 rings (SSSR count). The third-order valence-corrected chi connectivity index (χ3v) is 4.85. The number of carbonyl (C=O) groups excluding carboxylic acids is 1. The van der Waals surface area contributed by atoms with Gasteiger partial charge in [-0.15, -0.1) is 11.3 Å². The van der Waals surface area contributed by atoms with Gasteiger partial charge in [0.15, 0.2) is 5.78 Å². The Bertz CT molecular complexity index is 567. The van der Waals surface area contributed by atoms with Crippen LogP contribution in [0.15, 0.2) is 29.6 Å². The Morgan fingerprint density at radius 3 is 2.67 bits per heavy atom. The Kier molecular flexibility index (Phi) is 3.18. The van der Waals surface area contributed by atoms with E-state index in [2.05, 4.69) is 6.07 Å². The standard InChI is InChI=1S/C15H17NOS/c16-11-7-5-10(6-8-11)15(17)13-9-18-14-4-2-1-3-12(13)14/h1-4,9-11H,5-8,16H2. The molecule has 1 saturated carbocycles.